The molecule has 1 aromatic heterocycles. The third-order valence-corrected chi connectivity index (χ3v) is 3.33. The zero-order chi connectivity index (χ0) is 13.4. The molecule has 1 atom stereocenters. The van der Waals surface area contributed by atoms with E-state index in [2.05, 4.69) is 15.3 Å². The number of piperidine rings is 1. The molecule has 1 fully saturated rings. The van der Waals surface area contributed by atoms with Crippen molar-refractivity contribution in [2.75, 3.05) is 5.73 Å². The van der Waals surface area contributed by atoms with E-state index in [0.717, 1.165) is 16.5 Å². The second-order valence-electron chi connectivity index (χ2n) is 4.54. The largest absolute Gasteiger partial charge is 0.383 e. The zero-order valence-electron chi connectivity index (χ0n) is 10.1. The lowest BCUT2D eigenvalue weighted by atomic mass is 9.90. The van der Waals surface area contributed by atoms with Gasteiger partial charge < -0.3 is 5.73 Å². The lowest BCUT2D eigenvalue weighted by molar-refractivity contribution is -0.134. The minimum absolute atomic E-state index is 0.218. The van der Waals surface area contributed by atoms with Crippen LogP contribution >= 0.6 is 0 Å². The third kappa shape index (κ3) is 2.01. The molecule has 1 aromatic carbocycles. The summed E-state index contributed by atoms with van der Waals surface area (Å²) in [7, 11) is 0. The van der Waals surface area contributed by atoms with Crippen molar-refractivity contribution in [3.05, 3.63) is 30.1 Å². The first-order valence-electron chi connectivity index (χ1n) is 5.99. The Bertz CT molecular complexity index is 683. The van der Waals surface area contributed by atoms with Crippen LogP contribution in [0.3, 0.4) is 0 Å². The maximum atomic E-state index is 11.8. The van der Waals surface area contributed by atoms with Crippen molar-refractivity contribution in [3.8, 4) is 0 Å². The Morgan fingerprint density at radius 3 is 2.89 bits per heavy atom. The number of nitrogen functional groups attached to an aromatic ring is 1. The number of carbonyl (C=O) groups excluding carboxylic acids is 2. The molecular formula is C13H12N4O2. The van der Waals surface area contributed by atoms with Gasteiger partial charge in [0.05, 0.1) is 11.4 Å². The monoisotopic (exact) mass is 256 g/mol. The number of carbonyl (C=O) groups is 2. The number of nitrogens with two attached hydrogens (primary N) is 1. The van der Waals surface area contributed by atoms with Crippen LogP contribution in [-0.2, 0) is 9.59 Å². The van der Waals surface area contributed by atoms with E-state index in [1.54, 1.807) is 0 Å². The fourth-order valence-electron chi connectivity index (χ4n) is 2.32. The number of rotatable bonds is 1. The third-order valence-electron chi connectivity index (χ3n) is 3.33. The number of nitrogens with zero attached hydrogens (tertiary/aromatic N) is 2. The normalized spacial score (nSPS) is 19.5. The van der Waals surface area contributed by atoms with Gasteiger partial charge in [0.1, 0.15) is 12.1 Å². The van der Waals surface area contributed by atoms with Crippen molar-refractivity contribution >= 4 is 28.5 Å². The van der Waals surface area contributed by atoms with Crippen LogP contribution in [0.1, 0.15) is 24.3 Å². The van der Waals surface area contributed by atoms with Crippen LogP contribution < -0.4 is 11.1 Å². The van der Waals surface area contributed by atoms with Crippen molar-refractivity contribution in [3.63, 3.8) is 0 Å². The van der Waals surface area contributed by atoms with E-state index >= 15 is 0 Å². The number of hydrogen-bond acceptors (Lipinski definition) is 5. The SMILES string of the molecule is Nc1ncnc2ccc(C3CCC(=O)NC3=O)cc12. The van der Waals surface area contributed by atoms with Gasteiger partial charge in [-0.1, -0.05) is 6.07 Å². The summed E-state index contributed by atoms with van der Waals surface area (Å²) in [6.07, 6.45) is 2.28. The molecule has 3 N–H and O–H groups in total. The summed E-state index contributed by atoms with van der Waals surface area (Å²) in [6.45, 7) is 0. The molecule has 2 amide bonds. The molecule has 96 valence electrons. The molecule has 1 aliphatic heterocycles. The average molecular weight is 256 g/mol. The van der Waals surface area contributed by atoms with Crippen molar-refractivity contribution in [1.29, 1.82) is 0 Å². The van der Waals surface area contributed by atoms with Gasteiger partial charge in [0.15, 0.2) is 0 Å². The Morgan fingerprint density at radius 2 is 2.11 bits per heavy atom. The highest BCUT2D eigenvalue weighted by molar-refractivity contribution is 6.01. The number of anilines is 1. The van der Waals surface area contributed by atoms with Crippen LogP contribution in [0.5, 0.6) is 0 Å². The van der Waals surface area contributed by atoms with E-state index in [9.17, 15) is 9.59 Å². The Kier molecular flexibility index (Phi) is 2.63. The molecule has 0 saturated carbocycles. The number of nitrogens with one attached hydrogen (secondary N) is 1. The van der Waals surface area contributed by atoms with Crippen molar-refractivity contribution < 1.29 is 9.59 Å². The van der Waals surface area contributed by atoms with E-state index in [0.29, 0.717) is 18.7 Å². The summed E-state index contributed by atoms with van der Waals surface area (Å²) in [4.78, 5) is 31.0. The molecule has 1 saturated heterocycles. The van der Waals surface area contributed by atoms with Gasteiger partial charge in [-0.15, -0.1) is 0 Å². The Morgan fingerprint density at radius 1 is 1.26 bits per heavy atom. The van der Waals surface area contributed by atoms with Crippen molar-refractivity contribution in [2.45, 2.75) is 18.8 Å². The molecule has 19 heavy (non-hydrogen) atoms. The first-order chi connectivity index (χ1) is 9.15. The highest BCUT2D eigenvalue weighted by atomic mass is 16.2. The van der Waals surface area contributed by atoms with Gasteiger partial charge in [0.2, 0.25) is 11.8 Å². The molecule has 6 heteroatoms. The number of fused-ring (bicyclic) bond motifs is 1. The minimum atomic E-state index is -0.318. The summed E-state index contributed by atoms with van der Waals surface area (Å²) in [5.41, 5.74) is 7.38. The topological polar surface area (TPSA) is 98.0 Å². The molecule has 0 bridgehead atoms. The zero-order valence-corrected chi connectivity index (χ0v) is 10.1. The molecular weight excluding hydrogens is 244 g/mol. The summed E-state index contributed by atoms with van der Waals surface area (Å²) >= 11 is 0. The van der Waals surface area contributed by atoms with E-state index in [4.69, 9.17) is 5.73 Å². The van der Waals surface area contributed by atoms with Crippen LogP contribution in [0.4, 0.5) is 5.82 Å². The lowest BCUT2D eigenvalue weighted by Gasteiger charge is -2.21. The standard InChI is InChI=1S/C13H12N4O2/c14-12-9-5-7(1-3-10(9)15-6-16-12)8-2-4-11(18)17-13(8)19/h1,3,5-6,8H,2,4H2,(H2,14,15,16)(H,17,18,19). The second-order valence-corrected chi connectivity index (χ2v) is 4.54. The molecule has 0 spiro atoms. The minimum Gasteiger partial charge on any atom is -0.383 e. The van der Waals surface area contributed by atoms with Crippen LogP contribution in [0.2, 0.25) is 0 Å². The molecule has 6 nitrogen and oxygen atoms in total. The highest BCUT2D eigenvalue weighted by Gasteiger charge is 2.28. The van der Waals surface area contributed by atoms with E-state index in [1.807, 2.05) is 18.2 Å². The second kappa shape index (κ2) is 4.31. The molecule has 2 heterocycles. The average Bonchev–Trinajstić information content (AvgIpc) is 2.39. The van der Waals surface area contributed by atoms with Gasteiger partial charge in [0.25, 0.3) is 0 Å². The van der Waals surface area contributed by atoms with Gasteiger partial charge in [-0.2, -0.15) is 0 Å². The van der Waals surface area contributed by atoms with Gasteiger partial charge >= 0.3 is 0 Å². The summed E-state index contributed by atoms with van der Waals surface area (Å²) in [5.74, 6) is -0.406. The highest BCUT2D eigenvalue weighted by Crippen LogP contribution is 2.28. The smallest absolute Gasteiger partial charge is 0.234 e. The van der Waals surface area contributed by atoms with E-state index in [-0.39, 0.29) is 17.7 Å². The molecule has 1 aliphatic rings. The number of hydrogen-bond donors (Lipinski definition) is 2. The predicted molar refractivity (Wildman–Crippen MR) is 69.1 cm³/mol. The fraction of sp³-hybridized carbons (Fsp3) is 0.231. The first-order valence-corrected chi connectivity index (χ1v) is 5.99. The molecule has 3 rings (SSSR count). The van der Waals surface area contributed by atoms with E-state index in [1.165, 1.54) is 6.33 Å². The number of benzene rings is 1. The Balaban J connectivity index is 2.04. The van der Waals surface area contributed by atoms with E-state index < -0.39 is 0 Å². The van der Waals surface area contributed by atoms with Crippen molar-refractivity contribution in [2.24, 2.45) is 0 Å². The van der Waals surface area contributed by atoms with Crippen LogP contribution in [0.25, 0.3) is 10.9 Å². The number of imide groups is 1. The summed E-state index contributed by atoms with van der Waals surface area (Å²) in [6, 6.07) is 5.48. The number of aromatic nitrogens is 2. The lowest BCUT2D eigenvalue weighted by Crippen LogP contribution is -2.39. The van der Waals surface area contributed by atoms with Crippen LogP contribution in [0.15, 0.2) is 24.5 Å². The maximum absolute atomic E-state index is 11.8. The maximum Gasteiger partial charge on any atom is 0.234 e. The first kappa shape index (κ1) is 11.6. The quantitative estimate of drug-likeness (QED) is 0.733. The molecule has 0 aliphatic carbocycles. The summed E-state index contributed by atoms with van der Waals surface area (Å²) < 4.78 is 0. The summed E-state index contributed by atoms with van der Waals surface area (Å²) in [5, 5.41) is 3.08. The predicted octanol–water partition coefficient (Wildman–Crippen LogP) is 0.732. The van der Waals surface area contributed by atoms with Gasteiger partial charge in [0, 0.05) is 11.8 Å². The van der Waals surface area contributed by atoms with Gasteiger partial charge in [-0.25, -0.2) is 9.97 Å². The van der Waals surface area contributed by atoms with Crippen molar-refractivity contribution in [1.82, 2.24) is 15.3 Å². The fourth-order valence-corrected chi connectivity index (χ4v) is 2.32. The Hall–Kier alpha value is -2.50. The molecule has 1 unspecified atom stereocenters. The van der Waals surface area contributed by atoms with Crippen LogP contribution in [-0.4, -0.2) is 21.8 Å². The molecule has 2 aromatic rings. The van der Waals surface area contributed by atoms with Gasteiger partial charge in [-0.05, 0) is 24.1 Å². The molecule has 0 radical (unpaired) electrons. The Labute approximate surface area is 109 Å². The van der Waals surface area contributed by atoms with Crippen LogP contribution in [0, 0.1) is 0 Å². The number of amides is 2. The van der Waals surface area contributed by atoms with Gasteiger partial charge in [-0.3, -0.25) is 14.9 Å².